The molecule has 0 bridgehead atoms. The molecular formula is C19H27N3O3. The Morgan fingerprint density at radius 1 is 1.28 bits per heavy atom. The van der Waals surface area contributed by atoms with E-state index in [9.17, 15) is 14.4 Å². The van der Waals surface area contributed by atoms with E-state index in [1.165, 1.54) is 0 Å². The molecule has 6 nitrogen and oxygen atoms in total. The summed E-state index contributed by atoms with van der Waals surface area (Å²) in [5.41, 5.74) is 0.925. The average Bonchev–Trinajstić information content (AvgIpc) is 2.97. The van der Waals surface area contributed by atoms with E-state index in [0.717, 1.165) is 12.8 Å². The summed E-state index contributed by atoms with van der Waals surface area (Å²) < 4.78 is 0. The summed E-state index contributed by atoms with van der Waals surface area (Å²) in [6.45, 7) is 6.97. The highest BCUT2D eigenvalue weighted by Crippen LogP contribution is 2.23. The zero-order chi connectivity index (χ0) is 18.4. The summed E-state index contributed by atoms with van der Waals surface area (Å²) in [4.78, 5) is 38.6. The van der Waals surface area contributed by atoms with Gasteiger partial charge in [-0.15, -0.1) is 0 Å². The number of carbonyl (C=O) groups is 3. The van der Waals surface area contributed by atoms with Crippen LogP contribution < -0.4 is 10.6 Å². The van der Waals surface area contributed by atoms with Crippen molar-refractivity contribution in [2.75, 3.05) is 18.4 Å². The first-order valence-electron chi connectivity index (χ1n) is 8.91. The first-order chi connectivity index (χ1) is 11.9. The SMILES string of the molecule is CCCCNC(=O)c1ccccc1NC(=O)[C@@H]1CC(=O)N(C(C)C)C1. The number of benzene rings is 1. The van der Waals surface area contributed by atoms with Crippen molar-refractivity contribution in [3.8, 4) is 0 Å². The number of nitrogens with zero attached hydrogens (tertiary/aromatic N) is 1. The predicted molar refractivity (Wildman–Crippen MR) is 97.3 cm³/mol. The van der Waals surface area contributed by atoms with Gasteiger partial charge in [-0.05, 0) is 32.4 Å². The molecule has 2 rings (SSSR count). The van der Waals surface area contributed by atoms with Crippen LogP contribution in [0.1, 0.15) is 50.4 Å². The minimum atomic E-state index is -0.383. The van der Waals surface area contributed by atoms with E-state index in [4.69, 9.17) is 0 Å². The Bertz CT molecular complexity index is 643. The van der Waals surface area contributed by atoms with Crippen LogP contribution in [0, 0.1) is 5.92 Å². The molecule has 0 radical (unpaired) electrons. The molecule has 1 heterocycles. The van der Waals surface area contributed by atoms with Crippen molar-refractivity contribution in [2.45, 2.75) is 46.1 Å². The van der Waals surface area contributed by atoms with Crippen LogP contribution in [0.4, 0.5) is 5.69 Å². The van der Waals surface area contributed by atoms with Gasteiger partial charge in [0.2, 0.25) is 11.8 Å². The Kier molecular flexibility index (Phi) is 6.56. The Morgan fingerprint density at radius 3 is 2.64 bits per heavy atom. The molecule has 3 amide bonds. The molecule has 25 heavy (non-hydrogen) atoms. The third-order valence-corrected chi connectivity index (χ3v) is 4.40. The number of nitrogens with one attached hydrogen (secondary N) is 2. The van der Waals surface area contributed by atoms with Crippen LogP contribution in [0.5, 0.6) is 0 Å². The lowest BCUT2D eigenvalue weighted by atomic mass is 10.1. The molecule has 6 heteroatoms. The fourth-order valence-corrected chi connectivity index (χ4v) is 2.91. The zero-order valence-corrected chi connectivity index (χ0v) is 15.2. The summed E-state index contributed by atoms with van der Waals surface area (Å²) in [7, 11) is 0. The van der Waals surface area contributed by atoms with Crippen molar-refractivity contribution in [1.82, 2.24) is 10.2 Å². The largest absolute Gasteiger partial charge is 0.352 e. The lowest BCUT2D eigenvalue weighted by Gasteiger charge is -2.20. The van der Waals surface area contributed by atoms with Crippen molar-refractivity contribution < 1.29 is 14.4 Å². The van der Waals surface area contributed by atoms with Crippen molar-refractivity contribution in [3.05, 3.63) is 29.8 Å². The number of hydrogen-bond acceptors (Lipinski definition) is 3. The van der Waals surface area contributed by atoms with E-state index in [1.807, 2.05) is 13.8 Å². The van der Waals surface area contributed by atoms with Crippen molar-refractivity contribution in [1.29, 1.82) is 0 Å². The van der Waals surface area contributed by atoms with Crippen molar-refractivity contribution in [3.63, 3.8) is 0 Å². The highest BCUT2D eigenvalue weighted by Gasteiger charge is 2.35. The number of hydrogen-bond donors (Lipinski definition) is 2. The van der Waals surface area contributed by atoms with Crippen LogP contribution in [0.15, 0.2) is 24.3 Å². The molecule has 1 aromatic rings. The maximum atomic E-state index is 12.5. The number of anilines is 1. The fourth-order valence-electron chi connectivity index (χ4n) is 2.91. The van der Waals surface area contributed by atoms with E-state index in [0.29, 0.717) is 24.3 Å². The van der Waals surface area contributed by atoms with Crippen LogP contribution in [0.2, 0.25) is 0 Å². The standard InChI is InChI=1S/C19H27N3O3/c1-4-5-10-20-19(25)15-8-6-7-9-16(15)21-18(24)14-11-17(23)22(12-14)13(2)3/h6-9,13-14H,4-5,10-12H2,1-3H3,(H,20,25)(H,21,24)/t14-/m1/s1. The van der Waals surface area contributed by atoms with Crippen LogP contribution in [-0.4, -0.2) is 41.8 Å². The monoisotopic (exact) mass is 345 g/mol. The van der Waals surface area contributed by atoms with Gasteiger partial charge in [0.05, 0.1) is 17.2 Å². The molecule has 1 fully saturated rings. The third-order valence-electron chi connectivity index (χ3n) is 4.40. The van der Waals surface area contributed by atoms with Gasteiger partial charge < -0.3 is 15.5 Å². The molecule has 0 aliphatic carbocycles. The van der Waals surface area contributed by atoms with E-state index >= 15 is 0 Å². The van der Waals surface area contributed by atoms with Gasteiger partial charge in [-0.25, -0.2) is 0 Å². The van der Waals surface area contributed by atoms with Gasteiger partial charge in [-0.3, -0.25) is 14.4 Å². The third kappa shape index (κ3) is 4.81. The molecule has 1 aliphatic heterocycles. The molecule has 1 aromatic carbocycles. The molecule has 1 atom stereocenters. The smallest absolute Gasteiger partial charge is 0.253 e. The quantitative estimate of drug-likeness (QED) is 0.745. The summed E-state index contributed by atoms with van der Waals surface area (Å²) in [5, 5.41) is 5.68. The molecule has 1 aliphatic rings. The maximum absolute atomic E-state index is 12.5. The molecular weight excluding hydrogens is 318 g/mol. The molecule has 0 unspecified atom stereocenters. The first kappa shape index (κ1) is 19.0. The Hall–Kier alpha value is -2.37. The number of amides is 3. The van der Waals surface area contributed by atoms with Crippen molar-refractivity contribution in [2.24, 2.45) is 5.92 Å². The van der Waals surface area contributed by atoms with Crippen LogP contribution in [-0.2, 0) is 9.59 Å². The predicted octanol–water partition coefficient (Wildman–Crippen LogP) is 2.41. The second-order valence-electron chi connectivity index (χ2n) is 6.69. The van der Waals surface area contributed by atoms with Gasteiger partial charge in [0, 0.05) is 25.6 Å². The Balaban J connectivity index is 2.04. The molecule has 2 N–H and O–H groups in total. The second kappa shape index (κ2) is 8.65. The molecule has 0 saturated carbocycles. The van der Waals surface area contributed by atoms with Gasteiger partial charge >= 0.3 is 0 Å². The normalized spacial score (nSPS) is 17.0. The lowest BCUT2D eigenvalue weighted by molar-refractivity contribution is -0.129. The molecule has 136 valence electrons. The van der Waals surface area contributed by atoms with Gasteiger partial charge in [0.25, 0.3) is 5.91 Å². The number of carbonyl (C=O) groups excluding carboxylic acids is 3. The van der Waals surface area contributed by atoms with E-state index in [2.05, 4.69) is 17.6 Å². The number of unbranched alkanes of at least 4 members (excludes halogenated alkanes) is 1. The Morgan fingerprint density at radius 2 is 2.00 bits per heavy atom. The highest BCUT2D eigenvalue weighted by atomic mass is 16.2. The van der Waals surface area contributed by atoms with Crippen molar-refractivity contribution >= 4 is 23.4 Å². The average molecular weight is 345 g/mol. The van der Waals surface area contributed by atoms with E-state index < -0.39 is 0 Å². The summed E-state index contributed by atoms with van der Waals surface area (Å²) >= 11 is 0. The highest BCUT2D eigenvalue weighted by molar-refractivity contribution is 6.05. The number of rotatable bonds is 7. The van der Waals surface area contributed by atoms with Crippen LogP contribution in [0.25, 0.3) is 0 Å². The van der Waals surface area contributed by atoms with Gasteiger partial charge in [0.1, 0.15) is 0 Å². The molecule has 0 spiro atoms. The topological polar surface area (TPSA) is 78.5 Å². The van der Waals surface area contributed by atoms with E-state index in [1.54, 1.807) is 29.2 Å². The zero-order valence-electron chi connectivity index (χ0n) is 15.2. The fraction of sp³-hybridized carbons (Fsp3) is 0.526. The van der Waals surface area contributed by atoms with Gasteiger partial charge in [-0.2, -0.15) is 0 Å². The lowest BCUT2D eigenvalue weighted by Crippen LogP contribution is -2.33. The second-order valence-corrected chi connectivity index (χ2v) is 6.69. The Labute approximate surface area is 149 Å². The summed E-state index contributed by atoms with van der Waals surface area (Å²) in [6, 6.07) is 7.03. The van der Waals surface area contributed by atoms with Gasteiger partial charge in [0.15, 0.2) is 0 Å². The minimum absolute atomic E-state index is 0.000689. The molecule has 1 saturated heterocycles. The number of para-hydroxylation sites is 1. The number of likely N-dealkylation sites (tertiary alicyclic amines) is 1. The minimum Gasteiger partial charge on any atom is -0.352 e. The molecule has 0 aromatic heterocycles. The maximum Gasteiger partial charge on any atom is 0.253 e. The van der Waals surface area contributed by atoms with Crippen LogP contribution >= 0.6 is 0 Å². The van der Waals surface area contributed by atoms with Crippen LogP contribution in [0.3, 0.4) is 0 Å². The van der Waals surface area contributed by atoms with E-state index in [-0.39, 0.29) is 36.1 Å². The summed E-state index contributed by atoms with van der Waals surface area (Å²) in [6.07, 6.45) is 2.13. The van der Waals surface area contributed by atoms with Gasteiger partial charge in [-0.1, -0.05) is 25.5 Å². The first-order valence-corrected chi connectivity index (χ1v) is 8.91. The summed E-state index contributed by atoms with van der Waals surface area (Å²) in [5.74, 6) is -0.798.